The Hall–Kier alpha value is -1.01. The zero-order valence-electron chi connectivity index (χ0n) is 8.69. The van der Waals surface area contributed by atoms with Crippen LogP contribution >= 0.6 is 11.8 Å². The maximum Gasteiger partial charge on any atom is 0.237 e. The summed E-state index contributed by atoms with van der Waals surface area (Å²) in [4.78, 5) is 11.5. The molecule has 0 saturated heterocycles. The molecule has 0 bridgehead atoms. The van der Waals surface area contributed by atoms with E-state index in [4.69, 9.17) is 5.73 Å². The summed E-state index contributed by atoms with van der Waals surface area (Å²) in [5.41, 5.74) is 6.64. The molecule has 0 aliphatic carbocycles. The van der Waals surface area contributed by atoms with Gasteiger partial charge in [0.05, 0.1) is 12.2 Å². The molecule has 5 nitrogen and oxygen atoms in total. The SMILES string of the molecule is CSCC[C@H](N)C(=O)NCc1cn[nH]c1. The van der Waals surface area contributed by atoms with E-state index in [0.717, 1.165) is 11.3 Å². The number of hydrogen-bond donors (Lipinski definition) is 3. The second kappa shape index (κ2) is 6.47. The molecule has 4 N–H and O–H groups in total. The molecule has 84 valence electrons. The van der Waals surface area contributed by atoms with Gasteiger partial charge in [-0.1, -0.05) is 0 Å². The number of nitrogens with one attached hydrogen (secondary N) is 2. The molecule has 0 aromatic carbocycles. The molecule has 1 heterocycles. The smallest absolute Gasteiger partial charge is 0.237 e. The minimum absolute atomic E-state index is 0.106. The molecular weight excluding hydrogens is 212 g/mol. The number of nitrogens with zero attached hydrogens (tertiary/aromatic N) is 1. The van der Waals surface area contributed by atoms with E-state index in [1.54, 1.807) is 24.2 Å². The Morgan fingerprint density at radius 2 is 2.60 bits per heavy atom. The zero-order valence-corrected chi connectivity index (χ0v) is 9.51. The lowest BCUT2D eigenvalue weighted by molar-refractivity contribution is -0.122. The molecule has 1 rings (SSSR count). The highest BCUT2D eigenvalue weighted by Gasteiger charge is 2.12. The van der Waals surface area contributed by atoms with E-state index >= 15 is 0 Å². The van der Waals surface area contributed by atoms with Crippen molar-refractivity contribution in [3.05, 3.63) is 18.0 Å². The van der Waals surface area contributed by atoms with E-state index in [2.05, 4.69) is 15.5 Å². The minimum Gasteiger partial charge on any atom is -0.351 e. The van der Waals surface area contributed by atoms with Crippen LogP contribution in [-0.2, 0) is 11.3 Å². The van der Waals surface area contributed by atoms with Crippen LogP contribution in [0.15, 0.2) is 12.4 Å². The topological polar surface area (TPSA) is 83.8 Å². The third-order valence-electron chi connectivity index (χ3n) is 1.99. The molecule has 0 radical (unpaired) electrons. The highest BCUT2D eigenvalue weighted by Crippen LogP contribution is 1.99. The van der Waals surface area contributed by atoms with E-state index in [0.29, 0.717) is 13.0 Å². The Kier molecular flexibility index (Phi) is 5.20. The fourth-order valence-electron chi connectivity index (χ4n) is 1.07. The molecule has 0 spiro atoms. The first-order valence-corrected chi connectivity index (χ1v) is 6.13. The lowest BCUT2D eigenvalue weighted by atomic mass is 10.2. The third-order valence-corrected chi connectivity index (χ3v) is 2.64. The minimum atomic E-state index is -0.413. The first kappa shape index (κ1) is 12.1. The fraction of sp³-hybridized carbons (Fsp3) is 0.556. The van der Waals surface area contributed by atoms with E-state index in [9.17, 15) is 4.79 Å². The van der Waals surface area contributed by atoms with E-state index in [1.807, 2.05) is 6.26 Å². The lowest BCUT2D eigenvalue weighted by Crippen LogP contribution is -2.40. The van der Waals surface area contributed by atoms with Crippen LogP contribution in [0.4, 0.5) is 0 Å². The molecule has 0 unspecified atom stereocenters. The van der Waals surface area contributed by atoms with Gasteiger partial charge in [-0.3, -0.25) is 9.89 Å². The predicted molar refractivity (Wildman–Crippen MR) is 61.4 cm³/mol. The van der Waals surface area contributed by atoms with Crippen LogP contribution < -0.4 is 11.1 Å². The molecule has 1 amide bonds. The number of hydrogen-bond acceptors (Lipinski definition) is 4. The summed E-state index contributed by atoms with van der Waals surface area (Å²) >= 11 is 1.69. The summed E-state index contributed by atoms with van der Waals surface area (Å²) in [5.74, 6) is 0.797. The fourth-order valence-corrected chi connectivity index (χ4v) is 1.56. The van der Waals surface area contributed by atoms with Gasteiger partial charge in [0.1, 0.15) is 0 Å². The van der Waals surface area contributed by atoms with Crippen molar-refractivity contribution >= 4 is 17.7 Å². The van der Waals surface area contributed by atoms with Crippen LogP contribution in [0, 0.1) is 0 Å². The number of thioether (sulfide) groups is 1. The summed E-state index contributed by atoms with van der Waals surface area (Å²) < 4.78 is 0. The number of carbonyl (C=O) groups is 1. The number of aromatic nitrogens is 2. The summed E-state index contributed by atoms with van der Waals surface area (Å²) in [5, 5.41) is 9.23. The van der Waals surface area contributed by atoms with Gasteiger partial charge in [0.25, 0.3) is 0 Å². The summed E-state index contributed by atoms with van der Waals surface area (Å²) in [6, 6.07) is -0.413. The molecular formula is C9H16N4OS. The number of rotatable bonds is 6. The van der Waals surface area contributed by atoms with Gasteiger partial charge in [-0.2, -0.15) is 16.9 Å². The standard InChI is InChI=1S/C9H16N4OS/c1-15-3-2-8(10)9(14)11-4-7-5-12-13-6-7/h5-6,8H,2-4,10H2,1H3,(H,11,14)(H,12,13)/t8-/m0/s1. The van der Waals surface area contributed by atoms with Crippen LogP contribution in [0.2, 0.25) is 0 Å². The van der Waals surface area contributed by atoms with Crippen LogP contribution in [0.1, 0.15) is 12.0 Å². The average Bonchev–Trinajstić information content (AvgIpc) is 2.75. The molecule has 0 fully saturated rings. The van der Waals surface area contributed by atoms with Crippen molar-refractivity contribution in [1.29, 1.82) is 0 Å². The molecule has 0 saturated carbocycles. The third kappa shape index (κ3) is 4.35. The molecule has 1 aromatic heterocycles. The van der Waals surface area contributed by atoms with Crippen LogP contribution in [0.5, 0.6) is 0 Å². The van der Waals surface area contributed by atoms with Crippen LogP contribution in [0.3, 0.4) is 0 Å². The van der Waals surface area contributed by atoms with Crippen LogP contribution in [0.25, 0.3) is 0 Å². The molecule has 1 atom stereocenters. The highest BCUT2D eigenvalue weighted by molar-refractivity contribution is 7.98. The Labute approximate surface area is 93.2 Å². The van der Waals surface area contributed by atoms with Crippen molar-refractivity contribution in [2.75, 3.05) is 12.0 Å². The first-order chi connectivity index (χ1) is 7.24. The van der Waals surface area contributed by atoms with E-state index < -0.39 is 6.04 Å². The number of aromatic amines is 1. The lowest BCUT2D eigenvalue weighted by Gasteiger charge is -2.10. The highest BCUT2D eigenvalue weighted by atomic mass is 32.2. The molecule has 0 aliphatic heterocycles. The van der Waals surface area contributed by atoms with Crippen molar-refractivity contribution in [2.24, 2.45) is 5.73 Å². The largest absolute Gasteiger partial charge is 0.351 e. The molecule has 0 aliphatic rings. The van der Waals surface area contributed by atoms with Crippen molar-refractivity contribution in [1.82, 2.24) is 15.5 Å². The number of carbonyl (C=O) groups excluding carboxylic acids is 1. The van der Waals surface area contributed by atoms with Gasteiger partial charge in [-0.15, -0.1) is 0 Å². The van der Waals surface area contributed by atoms with E-state index in [1.165, 1.54) is 0 Å². The maximum absolute atomic E-state index is 11.5. The molecule has 6 heteroatoms. The normalized spacial score (nSPS) is 12.4. The Bertz CT molecular complexity index is 288. The van der Waals surface area contributed by atoms with Gasteiger partial charge in [0.2, 0.25) is 5.91 Å². The molecule has 15 heavy (non-hydrogen) atoms. The Balaban J connectivity index is 2.23. The van der Waals surface area contributed by atoms with Crippen molar-refractivity contribution in [3.63, 3.8) is 0 Å². The maximum atomic E-state index is 11.5. The molecule has 1 aromatic rings. The van der Waals surface area contributed by atoms with Crippen LogP contribution in [-0.4, -0.2) is 34.2 Å². The quantitative estimate of drug-likeness (QED) is 0.645. The Morgan fingerprint density at radius 1 is 1.80 bits per heavy atom. The second-order valence-electron chi connectivity index (χ2n) is 3.21. The van der Waals surface area contributed by atoms with Crippen molar-refractivity contribution in [2.45, 2.75) is 19.0 Å². The number of amides is 1. The summed E-state index contributed by atoms with van der Waals surface area (Å²) in [7, 11) is 0. The number of H-pyrrole nitrogens is 1. The number of nitrogens with two attached hydrogens (primary N) is 1. The zero-order chi connectivity index (χ0) is 11.1. The van der Waals surface area contributed by atoms with Crippen molar-refractivity contribution in [3.8, 4) is 0 Å². The average molecular weight is 228 g/mol. The van der Waals surface area contributed by atoms with Crippen molar-refractivity contribution < 1.29 is 4.79 Å². The van der Waals surface area contributed by atoms with Gasteiger partial charge in [-0.25, -0.2) is 0 Å². The second-order valence-corrected chi connectivity index (χ2v) is 4.20. The monoisotopic (exact) mass is 228 g/mol. The van der Waals surface area contributed by atoms with Gasteiger partial charge in [-0.05, 0) is 18.4 Å². The van der Waals surface area contributed by atoms with Gasteiger partial charge in [0, 0.05) is 18.3 Å². The predicted octanol–water partition coefficient (Wildman–Crippen LogP) is 0.106. The Morgan fingerprint density at radius 3 is 3.20 bits per heavy atom. The summed E-state index contributed by atoms with van der Waals surface area (Å²) in [6.07, 6.45) is 6.12. The van der Waals surface area contributed by atoms with Gasteiger partial charge >= 0.3 is 0 Å². The first-order valence-electron chi connectivity index (χ1n) is 4.74. The van der Waals surface area contributed by atoms with Gasteiger partial charge in [0.15, 0.2) is 0 Å². The van der Waals surface area contributed by atoms with E-state index in [-0.39, 0.29) is 5.91 Å². The van der Waals surface area contributed by atoms with Gasteiger partial charge < -0.3 is 11.1 Å². The summed E-state index contributed by atoms with van der Waals surface area (Å²) in [6.45, 7) is 0.475.